The zero-order valence-corrected chi connectivity index (χ0v) is 17.4. The minimum atomic E-state index is -3.68. The number of ether oxygens (including phenoxy) is 1. The van der Waals surface area contributed by atoms with Crippen molar-refractivity contribution in [2.45, 2.75) is 26.3 Å². The summed E-state index contributed by atoms with van der Waals surface area (Å²) in [6.07, 6.45) is 2.39. The standard InChI is InChI=1S/C18H28N4O6S/c1-2-27-18(24)20-8-10-21(11-9-20)29(25,26)22-7-3-5-15(14-22)17(23)19-13-16-6-4-12-28-16/h4,6,12,15H,2-3,5,7-11,13-14H2,1H3,(H,19,23)/t15-/m0/s1. The fraction of sp³-hybridized carbons (Fsp3) is 0.667. The number of piperazine rings is 1. The quantitative estimate of drug-likeness (QED) is 0.711. The Kier molecular flexibility index (Phi) is 7.14. The molecule has 0 unspecified atom stereocenters. The van der Waals surface area contributed by atoms with Gasteiger partial charge in [0.25, 0.3) is 10.2 Å². The van der Waals surface area contributed by atoms with E-state index in [0.29, 0.717) is 38.2 Å². The predicted octanol–water partition coefficient (Wildman–Crippen LogP) is 0.627. The van der Waals surface area contributed by atoms with E-state index in [1.54, 1.807) is 19.1 Å². The summed E-state index contributed by atoms with van der Waals surface area (Å²) in [6.45, 7) is 3.86. The number of piperidine rings is 1. The molecule has 0 saturated carbocycles. The molecule has 0 bridgehead atoms. The van der Waals surface area contributed by atoms with E-state index < -0.39 is 22.2 Å². The van der Waals surface area contributed by atoms with E-state index in [4.69, 9.17) is 9.15 Å². The van der Waals surface area contributed by atoms with E-state index in [0.717, 1.165) is 0 Å². The van der Waals surface area contributed by atoms with Crippen molar-refractivity contribution in [1.29, 1.82) is 0 Å². The first kappa shape index (κ1) is 21.6. The molecule has 0 aromatic carbocycles. The van der Waals surface area contributed by atoms with E-state index in [1.165, 1.54) is 19.8 Å². The van der Waals surface area contributed by atoms with Gasteiger partial charge in [-0.15, -0.1) is 0 Å². The molecule has 162 valence electrons. The van der Waals surface area contributed by atoms with Crippen molar-refractivity contribution in [2.24, 2.45) is 5.92 Å². The van der Waals surface area contributed by atoms with Crippen LogP contribution in [-0.4, -0.2) is 79.8 Å². The molecule has 0 radical (unpaired) electrons. The number of carbonyl (C=O) groups is 2. The summed E-state index contributed by atoms with van der Waals surface area (Å²) < 4.78 is 39.0. The Labute approximate surface area is 170 Å². The zero-order chi connectivity index (χ0) is 20.9. The van der Waals surface area contributed by atoms with E-state index in [1.807, 2.05) is 0 Å². The Morgan fingerprint density at radius 1 is 1.21 bits per heavy atom. The third-order valence-corrected chi connectivity index (χ3v) is 7.19. The number of hydrogen-bond donors (Lipinski definition) is 1. The molecule has 10 nitrogen and oxygen atoms in total. The number of carbonyl (C=O) groups excluding carboxylic acids is 2. The van der Waals surface area contributed by atoms with Crippen LogP contribution in [-0.2, 0) is 26.3 Å². The summed E-state index contributed by atoms with van der Waals surface area (Å²) in [5, 5.41) is 2.81. The fourth-order valence-electron chi connectivity index (χ4n) is 3.58. The SMILES string of the molecule is CCOC(=O)N1CCN(S(=O)(=O)N2CCC[C@H](C(=O)NCc3ccco3)C2)CC1. The maximum Gasteiger partial charge on any atom is 0.409 e. The van der Waals surface area contributed by atoms with Gasteiger partial charge in [-0.05, 0) is 31.9 Å². The topological polar surface area (TPSA) is 112 Å². The molecule has 3 heterocycles. The van der Waals surface area contributed by atoms with Gasteiger partial charge in [0.1, 0.15) is 5.76 Å². The van der Waals surface area contributed by atoms with Crippen LogP contribution in [0.4, 0.5) is 4.79 Å². The molecule has 2 amide bonds. The van der Waals surface area contributed by atoms with E-state index in [9.17, 15) is 18.0 Å². The van der Waals surface area contributed by atoms with Crippen LogP contribution < -0.4 is 5.32 Å². The molecule has 2 aliphatic heterocycles. The maximum atomic E-state index is 13.0. The maximum absolute atomic E-state index is 13.0. The molecule has 29 heavy (non-hydrogen) atoms. The molecule has 3 rings (SSSR count). The Bertz CT molecular complexity index is 789. The van der Waals surface area contributed by atoms with Gasteiger partial charge in [-0.2, -0.15) is 17.0 Å². The smallest absolute Gasteiger partial charge is 0.409 e. The zero-order valence-electron chi connectivity index (χ0n) is 16.6. The lowest BCUT2D eigenvalue weighted by atomic mass is 9.99. The molecule has 1 atom stereocenters. The number of amides is 2. The monoisotopic (exact) mass is 428 g/mol. The number of nitrogens with zero attached hydrogens (tertiary/aromatic N) is 3. The van der Waals surface area contributed by atoms with Gasteiger partial charge >= 0.3 is 6.09 Å². The van der Waals surface area contributed by atoms with Crippen LogP contribution in [0.3, 0.4) is 0 Å². The molecule has 1 N–H and O–H groups in total. The highest BCUT2D eigenvalue weighted by Crippen LogP contribution is 2.22. The summed E-state index contributed by atoms with van der Waals surface area (Å²) in [5.41, 5.74) is 0. The second kappa shape index (κ2) is 9.59. The van der Waals surface area contributed by atoms with Crippen molar-refractivity contribution in [3.63, 3.8) is 0 Å². The van der Waals surface area contributed by atoms with Gasteiger partial charge in [-0.25, -0.2) is 4.79 Å². The lowest BCUT2D eigenvalue weighted by molar-refractivity contribution is -0.126. The number of rotatable bonds is 6. The summed E-state index contributed by atoms with van der Waals surface area (Å²) >= 11 is 0. The molecule has 0 aliphatic carbocycles. The number of hydrogen-bond acceptors (Lipinski definition) is 6. The first-order valence-electron chi connectivity index (χ1n) is 9.89. The van der Waals surface area contributed by atoms with Gasteiger partial charge < -0.3 is 19.4 Å². The van der Waals surface area contributed by atoms with Crippen LogP contribution in [0.5, 0.6) is 0 Å². The normalized spacial score (nSPS) is 21.7. The summed E-state index contributed by atoms with van der Waals surface area (Å²) in [4.78, 5) is 25.8. The highest BCUT2D eigenvalue weighted by molar-refractivity contribution is 7.86. The number of nitrogens with one attached hydrogen (secondary N) is 1. The third kappa shape index (κ3) is 5.28. The molecular formula is C18H28N4O6S. The molecular weight excluding hydrogens is 400 g/mol. The van der Waals surface area contributed by atoms with Crippen LogP contribution in [0.1, 0.15) is 25.5 Å². The highest BCUT2D eigenvalue weighted by atomic mass is 32.2. The van der Waals surface area contributed by atoms with Gasteiger partial charge in [-0.3, -0.25) is 4.79 Å². The lowest BCUT2D eigenvalue weighted by Crippen LogP contribution is -2.56. The average Bonchev–Trinajstić information content (AvgIpc) is 3.26. The van der Waals surface area contributed by atoms with Crippen molar-refractivity contribution < 1.29 is 27.2 Å². The molecule has 11 heteroatoms. The van der Waals surface area contributed by atoms with Crippen molar-refractivity contribution in [3.05, 3.63) is 24.2 Å². The highest BCUT2D eigenvalue weighted by Gasteiger charge is 2.37. The van der Waals surface area contributed by atoms with Gasteiger partial charge in [0.05, 0.1) is 25.3 Å². The number of furan rings is 1. The second-order valence-corrected chi connectivity index (χ2v) is 9.02. The molecule has 2 fully saturated rings. The van der Waals surface area contributed by atoms with Crippen molar-refractivity contribution in [2.75, 3.05) is 45.9 Å². The van der Waals surface area contributed by atoms with Crippen LogP contribution in [0.2, 0.25) is 0 Å². The Hall–Kier alpha value is -2.11. The van der Waals surface area contributed by atoms with E-state index in [2.05, 4.69) is 5.32 Å². The van der Waals surface area contributed by atoms with Crippen molar-refractivity contribution >= 4 is 22.2 Å². The van der Waals surface area contributed by atoms with Gasteiger partial charge in [-0.1, -0.05) is 0 Å². The summed E-state index contributed by atoms with van der Waals surface area (Å²) in [7, 11) is -3.68. The van der Waals surface area contributed by atoms with Gasteiger partial charge in [0, 0.05) is 39.3 Å². The predicted molar refractivity (Wildman–Crippen MR) is 104 cm³/mol. The molecule has 2 aliphatic rings. The minimum absolute atomic E-state index is 0.157. The van der Waals surface area contributed by atoms with Gasteiger partial charge in [0.15, 0.2) is 0 Å². The molecule has 0 spiro atoms. The second-order valence-electron chi connectivity index (χ2n) is 7.09. The molecule has 1 aromatic heterocycles. The minimum Gasteiger partial charge on any atom is -0.467 e. The van der Waals surface area contributed by atoms with Gasteiger partial charge in [0.2, 0.25) is 5.91 Å². The molecule has 2 saturated heterocycles. The lowest BCUT2D eigenvalue weighted by Gasteiger charge is -2.38. The fourth-order valence-corrected chi connectivity index (χ4v) is 5.26. The Morgan fingerprint density at radius 2 is 1.97 bits per heavy atom. The first-order chi connectivity index (χ1) is 13.9. The molecule has 1 aromatic rings. The van der Waals surface area contributed by atoms with Crippen molar-refractivity contribution in [3.8, 4) is 0 Å². The first-order valence-corrected chi connectivity index (χ1v) is 11.3. The van der Waals surface area contributed by atoms with E-state index >= 15 is 0 Å². The van der Waals surface area contributed by atoms with Crippen LogP contribution >= 0.6 is 0 Å². The Morgan fingerprint density at radius 3 is 2.62 bits per heavy atom. The summed E-state index contributed by atoms with van der Waals surface area (Å²) in [6, 6.07) is 3.52. The van der Waals surface area contributed by atoms with E-state index in [-0.39, 0.29) is 38.7 Å². The van der Waals surface area contributed by atoms with Crippen LogP contribution in [0, 0.1) is 5.92 Å². The summed E-state index contributed by atoms with van der Waals surface area (Å²) in [5.74, 6) is 0.0841. The Balaban J connectivity index is 1.53. The third-order valence-electron chi connectivity index (χ3n) is 5.19. The van der Waals surface area contributed by atoms with Crippen LogP contribution in [0.15, 0.2) is 22.8 Å². The average molecular weight is 429 g/mol. The largest absolute Gasteiger partial charge is 0.467 e. The van der Waals surface area contributed by atoms with Crippen LogP contribution in [0.25, 0.3) is 0 Å². The van der Waals surface area contributed by atoms with Crippen molar-refractivity contribution in [1.82, 2.24) is 18.8 Å².